The Kier molecular flexibility index (Phi) is 2.57. The Morgan fingerprint density at radius 3 is 2.93 bits per heavy atom. The molecule has 1 unspecified atom stereocenters. The first-order valence-electron chi connectivity index (χ1n) is 3.92. The summed E-state index contributed by atoms with van der Waals surface area (Å²) in [5.74, 6) is 0.464. The van der Waals surface area contributed by atoms with E-state index in [-0.39, 0.29) is 18.8 Å². The molecule has 0 amide bonds. The molecule has 1 saturated heterocycles. The van der Waals surface area contributed by atoms with Crippen molar-refractivity contribution in [3.05, 3.63) is 22.1 Å². The number of imidazole rings is 1. The van der Waals surface area contributed by atoms with Crippen LogP contribution in [-0.2, 0) is 11.2 Å². The highest BCUT2D eigenvalue weighted by molar-refractivity contribution is 5.16. The number of nitrogens with zero attached hydrogens (tertiary/aromatic N) is 2. The summed E-state index contributed by atoms with van der Waals surface area (Å²) in [6, 6.07) is 0. The van der Waals surface area contributed by atoms with Crippen LogP contribution in [0.2, 0.25) is 0 Å². The van der Waals surface area contributed by atoms with E-state index in [4.69, 9.17) is 4.74 Å². The molecule has 1 aliphatic heterocycles. The third-order valence-corrected chi connectivity index (χ3v) is 1.98. The Morgan fingerprint density at radius 2 is 2.50 bits per heavy atom. The van der Waals surface area contributed by atoms with Crippen LogP contribution < -0.4 is 0 Å². The van der Waals surface area contributed by atoms with Crippen LogP contribution in [0.25, 0.3) is 0 Å². The predicted octanol–water partition coefficient (Wildman–Crippen LogP) is 1.29. The molecule has 6 heteroatoms. The van der Waals surface area contributed by atoms with Crippen LogP contribution in [0.3, 0.4) is 0 Å². The highest BCUT2D eigenvalue weighted by atomic mass is 16.6. The molecule has 1 fully saturated rings. The van der Waals surface area contributed by atoms with Gasteiger partial charge < -0.3 is 19.8 Å². The van der Waals surface area contributed by atoms with Gasteiger partial charge in [-0.3, -0.25) is 0 Å². The summed E-state index contributed by atoms with van der Waals surface area (Å²) in [6.45, 7) is 2.64. The van der Waals surface area contributed by atoms with E-state index in [1.54, 1.807) is 0 Å². The first-order valence-corrected chi connectivity index (χ1v) is 3.92. The number of aromatic nitrogens is 2. The highest BCUT2D eigenvalue weighted by Gasteiger charge is 2.41. The minimum absolute atomic E-state index is 0. The number of hydrogen-bond acceptors (Lipinski definition) is 4. The monoisotopic (exact) mass is 199 g/mol. The zero-order valence-corrected chi connectivity index (χ0v) is 7.11. The molecule has 1 atom stereocenters. The van der Waals surface area contributed by atoms with E-state index >= 15 is 0 Å². The van der Waals surface area contributed by atoms with E-state index < -0.39 is 4.92 Å². The Hall–Kier alpha value is -1.43. The van der Waals surface area contributed by atoms with Crippen LogP contribution >= 0.6 is 0 Å². The van der Waals surface area contributed by atoms with Gasteiger partial charge in [-0.15, -0.1) is 0 Å². The molecular formula is C8H13N3O3. The van der Waals surface area contributed by atoms with Gasteiger partial charge in [-0.2, -0.15) is 0 Å². The van der Waals surface area contributed by atoms with Gasteiger partial charge in [0.05, 0.1) is 18.6 Å². The Morgan fingerprint density at radius 1 is 1.86 bits per heavy atom. The average molecular weight is 199 g/mol. The van der Waals surface area contributed by atoms with Gasteiger partial charge in [-0.05, 0) is 16.8 Å². The fourth-order valence-corrected chi connectivity index (χ4v) is 1.11. The van der Waals surface area contributed by atoms with Crippen molar-refractivity contribution in [2.45, 2.75) is 26.4 Å². The van der Waals surface area contributed by atoms with Crippen LogP contribution in [0.1, 0.15) is 20.2 Å². The second-order valence-electron chi connectivity index (χ2n) is 3.38. The summed E-state index contributed by atoms with van der Waals surface area (Å²) in [5, 5.41) is 10.3. The van der Waals surface area contributed by atoms with E-state index in [1.165, 1.54) is 6.20 Å². The minimum Gasteiger partial charge on any atom is -0.369 e. The van der Waals surface area contributed by atoms with Gasteiger partial charge in [0, 0.05) is 0 Å². The summed E-state index contributed by atoms with van der Waals surface area (Å²) in [6.07, 6.45) is 1.89. The fraction of sp³-hybridized carbons (Fsp3) is 0.625. The normalized spacial score (nSPS) is 24.1. The van der Waals surface area contributed by atoms with Gasteiger partial charge in [-0.25, -0.2) is 0 Å². The molecule has 14 heavy (non-hydrogen) atoms. The van der Waals surface area contributed by atoms with Crippen LogP contribution in [-0.4, -0.2) is 27.1 Å². The van der Waals surface area contributed by atoms with Crippen LogP contribution in [0.5, 0.6) is 0 Å². The third kappa shape index (κ3) is 2.08. The summed E-state index contributed by atoms with van der Waals surface area (Å²) in [7, 11) is 0. The van der Waals surface area contributed by atoms with Crippen LogP contribution in [0.15, 0.2) is 6.20 Å². The lowest BCUT2D eigenvalue weighted by Gasteiger charge is -1.95. The van der Waals surface area contributed by atoms with Crippen molar-refractivity contribution in [1.29, 1.82) is 0 Å². The van der Waals surface area contributed by atoms with E-state index in [2.05, 4.69) is 9.97 Å². The molecule has 0 aromatic carbocycles. The Balaban J connectivity index is 0.000000980. The van der Waals surface area contributed by atoms with Crippen molar-refractivity contribution < 1.29 is 9.66 Å². The second kappa shape index (κ2) is 3.38. The fourth-order valence-electron chi connectivity index (χ4n) is 1.11. The van der Waals surface area contributed by atoms with E-state index in [1.807, 2.05) is 6.92 Å². The molecule has 1 aromatic rings. The molecular weight excluding hydrogens is 186 g/mol. The lowest BCUT2D eigenvalue weighted by Crippen LogP contribution is -2.09. The van der Waals surface area contributed by atoms with E-state index in [0.29, 0.717) is 18.9 Å². The van der Waals surface area contributed by atoms with E-state index in [0.717, 1.165) is 0 Å². The standard InChI is InChI=1S/C7H9N3O3.CH4/c1-7(4-13-7)2-5-8-3-6(9-5)10(11)12;/h3H,2,4H2,1H3,(H,8,9);1H4. The second-order valence-corrected chi connectivity index (χ2v) is 3.38. The van der Waals surface area contributed by atoms with Gasteiger partial charge in [0.1, 0.15) is 6.20 Å². The summed E-state index contributed by atoms with van der Waals surface area (Å²) < 4.78 is 5.14. The number of epoxide rings is 1. The Bertz CT molecular complexity index is 343. The number of H-pyrrole nitrogens is 1. The molecule has 2 heterocycles. The number of nitrogens with one attached hydrogen (secondary N) is 1. The SMILES string of the molecule is C.CC1(Cc2nc([N+](=O)[O-])c[nH]2)CO1. The molecule has 0 radical (unpaired) electrons. The maximum absolute atomic E-state index is 10.3. The number of hydrogen-bond donors (Lipinski definition) is 1. The Labute approximate surface area is 81.5 Å². The van der Waals surface area contributed by atoms with Crippen LogP contribution in [0, 0.1) is 10.1 Å². The quantitative estimate of drug-likeness (QED) is 0.451. The zero-order valence-electron chi connectivity index (χ0n) is 7.11. The lowest BCUT2D eigenvalue weighted by atomic mass is 10.1. The van der Waals surface area contributed by atoms with Crippen molar-refractivity contribution in [1.82, 2.24) is 9.97 Å². The smallest absolute Gasteiger partial charge is 0.369 e. The van der Waals surface area contributed by atoms with Crippen LogP contribution in [0.4, 0.5) is 5.82 Å². The zero-order chi connectivity index (χ0) is 9.47. The molecule has 78 valence electrons. The highest BCUT2D eigenvalue weighted by Crippen LogP contribution is 2.29. The molecule has 1 N–H and O–H groups in total. The molecule has 1 aliphatic rings. The van der Waals surface area contributed by atoms with Crippen molar-refractivity contribution >= 4 is 5.82 Å². The average Bonchev–Trinajstić information content (AvgIpc) is 2.62. The predicted molar refractivity (Wildman–Crippen MR) is 50.0 cm³/mol. The van der Waals surface area contributed by atoms with Gasteiger partial charge in [0.15, 0.2) is 0 Å². The van der Waals surface area contributed by atoms with Crippen molar-refractivity contribution in [3.8, 4) is 0 Å². The molecule has 0 saturated carbocycles. The first-order chi connectivity index (χ1) is 6.09. The number of nitro groups is 1. The molecule has 0 bridgehead atoms. The van der Waals surface area contributed by atoms with E-state index in [9.17, 15) is 10.1 Å². The largest absolute Gasteiger partial charge is 0.381 e. The lowest BCUT2D eigenvalue weighted by molar-refractivity contribution is -0.389. The molecule has 0 spiro atoms. The van der Waals surface area contributed by atoms with Crippen molar-refractivity contribution in [2.24, 2.45) is 0 Å². The van der Waals surface area contributed by atoms with Crippen molar-refractivity contribution in [3.63, 3.8) is 0 Å². The minimum atomic E-state index is -0.518. The van der Waals surface area contributed by atoms with Gasteiger partial charge in [0.2, 0.25) is 5.82 Å². The summed E-state index contributed by atoms with van der Waals surface area (Å²) in [5.41, 5.74) is -0.161. The first kappa shape index (κ1) is 10.6. The molecule has 1 aromatic heterocycles. The molecule has 6 nitrogen and oxygen atoms in total. The maximum Gasteiger partial charge on any atom is 0.381 e. The number of rotatable bonds is 3. The van der Waals surface area contributed by atoms with Crippen molar-refractivity contribution in [2.75, 3.05) is 6.61 Å². The third-order valence-electron chi connectivity index (χ3n) is 1.98. The summed E-state index contributed by atoms with van der Waals surface area (Å²) in [4.78, 5) is 16.3. The number of aromatic amines is 1. The number of ether oxygens (including phenoxy) is 1. The topological polar surface area (TPSA) is 84.3 Å². The molecule has 0 aliphatic carbocycles. The molecule has 2 rings (SSSR count). The van der Waals surface area contributed by atoms with Gasteiger partial charge in [0.25, 0.3) is 0 Å². The maximum atomic E-state index is 10.3. The van der Waals surface area contributed by atoms with Gasteiger partial charge >= 0.3 is 5.82 Å². The van der Waals surface area contributed by atoms with Gasteiger partial charge in [-0.1, -0.05) is 7.43 Å². The summed E-state index contributed by atoms with van der Waals surface area (Å²) >= 11 is 0.